The van der Waals surface area contributed by atoms with Crippen LogP contribution in [-0.2, 0) is 4.79 Å². The second kappa shape index (κ2) is 7.99. The van der Waals surface area contributed by atoms with Crippen LogP contribution in [0.4, 0.5) is 0 Å². The first kappa shape index (κ1) is 17.8. The maximum absolute atomic E-state index is 12.6. The summed E-state index contributed by atoms with van der Waals surface area (Å²) in [4.78, 5) is 18.0. The van der Waals surface area contributed by atoms with Crippen LogP contribution in [0.2, 0.25) is 0 Å². The van der Waals surface area contributed by atoms with Crippen molar-refractivity contribution in [3.8, 4) is 0 Å². The molecule has 1 fully saturated rings. The van der Waals surface area contributed by atoms with Gasteiger partial charge in [-0.1, -0.05) is 54.1 Å². The van der Waals surface area contributed by atoms with Crippen LogP contribution in [0, 0.1) is 5.92 Å². The lowest BCUT2D eigenvalue weighted by Gasteiger charge is -2.28. The molecular formula is C22H27BrN2O. The van der Waals surface area contributed by atoms with Gasteiger partial charge in [0.1, 0.15) is 0 Å². The van der Waals surface area contributed by atoms with E-state index in [-0.39, 0.29) is 0 Å². The predicted molar refractivity (Wildman–Crippen MR) is 111 cm³/mol. The molecule has 3 nitrogen and oxygen atoms in total. The predicted octanol–water partition coefficient (Wildman–Crippen LogP) is 5.91. The molecule has 0 saturated heterocycles. The Balaban J connectivity index is 1.38. The van der Waals surface area contributed by atoms with Crippen LogP contribution in [0.25, 0.3) is 16.5 Å². The first-order chi connectivity index (χ1) is 12.7. The van der Waals surface area contributed by atoms with Crippen LogP contribution in [0.5, 0.6) is 0 Å². The molecule has 1 saturated carbocycles. The Kier molecular flexibility index (Phi) is 5.49. The Labute approximate surface area is 164 Å². The maximum Gasteiger partial charge on any atom is 0.222 e. The molecule has 1 amide bonds. The highest BCUT2D eigenvalue weighted by atomic mass is 79.9. The van der Waals surface area contributed by atoms with Gasteiger partial charge in [-0.05, 0) is 42.5 Å². The summed E-state index contributed by atoms with van der Waals surface area (Å²) in [6, 6.07) is 6.34. The minimum absolute atomic E-state index is 0.340. The van der Waals surface area contributed by atoms with Gasteiger partial charge in [-0.15, -0.1) is 0 Å². The summed E-state index contributed by atoms with van der Waals surface area (Å²) in [5.74, 6) is 1.13. The Morgan fingerprint density at radius 1 is 1.23 bits per heavy atom. The number of fused-ring (bicyclic) bond motifs is 1. The fourth-order valence-electron chi connectivity index (χ4n) is 4.46. The molecule has 2 aromatic rings. The maximum atomic E-state index is 12.6. The number of nitrogens with zero attached hydrogens (tertiary/aromatic N) is 1. The lowest BCUT2D eigenvalue weighted by Crippen LogP contribution is -2.34. The number of rotatable bonds is 4. The van der Waals surface area contributed by atoms with E-state index in [2.05, 4.69) is 51.4 Å². The van der Waals surface area contributed by atoms with Crippen LogP contribution in [0.1, 0.15) is 56.9 Å². The third kappa shape index (κ3) is 3.90. The van der Waals surface area contributed by atoms with Gasteiger partial charge in [0.05, 0.1) is 0 Å². The molecule has 4 rings (SSSR count). The molecule has 1 aromatic heterocycles. The van der Waals surface area contributed by atoms with E-state index in [1.807, 2.05) is 4.90 Å². The van der Waals surface area contributed by atoms with Gasteiger partial charge in [-0.3, -0.25) is 4.79 Å². The van der Waals surface area contributed by atoms with Gasteiger partial charge in [0.15, 0.2) is 0 Å². The fourth-order valence-corrected chi connectivity index (χ4v) is 4.82. The molecule has 0 radical (unpaired) electrons. The molecule has 2 heterocycles. The third-order valence-corrected chi connectivity index (χ3v) is 6.54. The average molecular weight is 415 g/mol. The zero-order valence-corrected chi connectivity index (χ0v) is 16.9. The number of hydrogen-bond acceptors (Lipinski definition) is 1. The van der Waals surface area contributed by atoms with E-state index < -0.39 is 0 Å². The number of carbonyl (C=O) groups excluding carboxylic acids is 1. The number of H-pyrrole nitrogens is 1. The smallest absolute Gasteiger partial charge is 0.222 e. The van der Waals surface area contributed by atoms with E-state index in [4.69, 9.17) is 0 Å². The summed E-state index contributed by atoms with van der Waals surface area (Å²) in [5.41, 5.74) is 3.79. The molecule has 4 heteroatoms. The van der Waals surface area contributed by atoms with E-state index in [0.717, 1.165) is 48.3 Å². The second-order valence-electron chi connectivity index (χ2n) is 7.75. The number of nitrogens with one attached hydrogen (secondary N) is 1. The Bertz CT molecular complexity index is 817. The van der Waals surface area contributed by atoms with Crippen molar-refractivity contribution in [2.24, 2.45) is 5.92 Å². The van der Waals surface area contributed by atoms with E-state index in [9.17, 15) is 4.79 Å². The quantitative estimate of drug-likeness (QED) is 0.663. The van der Waals surface area contributed by atoms with E-state index in [1.54, 1.807) is 0 Å². The van der Waals surface area contributed by atoms with Gasteiger partial charge in [0.25, 0.3) is 0 Å². The van der Waals surface area contributed by atoms with Gasteiger partial charge in [-0.25, -0.2) is 0 Å². The second-order valence-corrected chi connectivity index (χ2v) is 8.67. The summed E-state index contributed by atoms with van der Waals surface area (Å²) in [7, 11) is 0. The van der Waals surface area contributed by atoms with Crippen LogP contribution >= 0.6 is 15.9 Å². The van der Waals surface area contributed by atoms with Crippen molar-refractivity contribution in [3.05, 3.63) is 40.5 Å². The summed E-state index contributed by atoms with van der Waals surface area (Å²) in [6.07, 6.45) is 13.8. The highest BCUT2D eigenvalue weighted by Gasteiger charge is 2.21. The van der Waals surface area contributed by atoms with Gasteiger partial charge in [-0.2, -0.15) is 0 Å². The fraction of sp³-hybridized carbons (Fsp3) is 0.500. The first-order valence-corrected chi connectivity index (χ1v) is 10.7. The lowest BCUT2D eigenvalue weighted by atomic mass is 9.86. The summed E-state index contributed by atoms with van der Waals surface area (Å²) < 4.78 is 1.10. The Morgan fingerprint density at radius 3 is 2.85 bits per heavy atom. The molecule has 0 bridgehead atoms. The van der Waals surface area contributed by atoms with Gasteiger partial charge in [0, 0.05) is 46.6 Å². The number of hydrogen-bond donors (Lipinski definition) is 1. The molecule has 2 aliphatic rings. The molecule has 1 aromatic carbocycles. The number of halogens is 1. The van der Waals surface area contributed by atoms with Crippen molar-refractivity contribution in [1.29, 1.82) is 0 Å². The van der Waals surface area contributed by atoms with E-state index in [1.165, 1.54) is 48.6 Å². The average Bonchev–Trinajstić information content (AvgIpc) is 3.10. The van der Waals surface area contributed by atoms with Gasteiger partial charge in [0.2, 0.25) is 5.91 Å². The summed E-state index contributed by atoms with van der Waals surface area (Å²) in [6.45, 7) is 1.59. The summed E-state index contributed by atoms with van der Waals surface area (Å²) in [5, 5.41) is 1.25. The number of benzene rings is 1. The topological polar surface area (TPSA) is 36.1 Å². The van der Waals surface area contributed by atoms with E-state index >= 15 is 0 Å². The lowest BCUT2D eigenvalue weighted by molar-refractivity contribution is -0.131. The minimum Gasteiger partial charge on any atom is -0.361 e. The van der Waals surface area contributed by atoms with Crippen molar-refractivity contribution in [1.82, 2.24) is 9.88 Å². The van der Waals surface area contributed by atoms with Crippen molar-refractivity contribution >= 4 is 38.3 Å². The van der Waals surface area contributed by atoms with Crippen LogP contribution in [0.3, 0.4) is 0 Å². The van der Waals surface area contributed by atoms with Gasteiger partial charge < -0.3 is 9.88 Å². The molecule has 0 spiro atoms. The highest BCUT2D eigenvalue weighted by Crippen LogP contribution is 2.32. The first-order valence-electron chi connectivity index (χ1n) is 9.94. The largest absolute Gasteiger partial charge is 0.361 e. The normalized spacial score (nSPS) is 19.0. The third-order valence-electron chi connectivity index (χ3n) is 6.04. The highest BCUT2D eigenvalue weighted by molar-refractivity contribution is 9.10. The van der Waals surface area contributed by atoms with Crippen molar-refractivity contribution in [2.75, 3.05) is 13.1 Å². The standard InChI is InChI=1S/C22H27BrN2O/c23-18-7-8-21-19(14-18)20(15-24-21)17-10-12-25(13-11-17)22(26)9-6-16-4-2-1-3-5-16/h7-8,10,14-16,24H,1-6,9,11-13H2. The minimum atomic E-state index is 0.340. The van der Waals surface area contributed by atoms with Crippen molar-refractivity contribution < 1.29 is 4.79 Å². The number of aromatic amines is 1. The summed E-state index contributed by atoms with van der Waals surface area (Å²) >= 11 is 3.57. The van der Waals surface area contributed by atoms with Crippen LogP contribution in [0.15, 0.2) is 34.9 Å². The zero-order chi connectivity index (χ0) is 17.9. The van der Waals surface area contributed by atoms with Crippen molar-refractivity contribution in [2.45, 2.75) is 51.4 Å². The van der Waals surface area contributed by atoms with Gasteiger partial charge >= 0.3 is 0 Å². The molecule has 1 N–H and O–H groups in total. The number of carbonyl (C=O) groups is 1. The zero-order valence-electron chi connectivity index (χ0n) is 15.3. The molecule has 0 atom stereocenters. The van der Waals surface area contributed by atoms with Crippen LogP contribution < -0.4 is 0 Å². The monoisotopic (exact) mass is 414 g/mol. The van der Waals surface area contributed by atoms with Crippen LogP contribution in [-0.4, -0.2) is 28.9 Å². The number of aromatic nitrogens is 1. The molecule has 1 aliphatic heterocycles. The van der Waals surface area contributed by atoms with E-state index in [0.29, 0.717) is 5.91 Å². The Morgan fingerprint density at radius 2 is 2.08 bits per heavy atom. The number of amides is 1. The van der Waals surface area contributed by atoms with Crippen molar-refractivity contribution in [3.63, 3.8) is 0 Å². The Hall–Kier alpha value is -1.55. The molecule has 26 heavy (non-hydrogen) atoms. The molecular weight excluding hydrogens is 388 g/mol. The molecule has 1 aliphatic carbocycles. The molecule has 138 valence electrons. The SMILES string of the molecule is O=C(CCC1CCCCC1)N1CC=C(c2c[nH]c3ccc(Br)cc23)CC1. The molecule has 0 unspecified atom stereocenters.